The first-order chi connectivity index (χ1) is 8.44. The lowest BCUT2D eigenvalue weighted by atomic mass is 9.90. The minimum atomic E-state index is -0.822. The highest BCUT2D eigenvalue weighted by molar-refractivity contribution is 6.28. The predicted molar refractivity (Wildman–Crippen MR) is 64.0 cm³/mol. The molecule has 2 rings (SSSR count). The van der Waals surface area contributed by atoms with Crippen LogP contribution in [0.1, 0.15) is 13.3 Å². The largest absolute Gasteiger partial charge is 0.481 e. The number of carboxylic acid groups (broad SMARTS) is 1. The molecule has 7 nitrogen and oxygen atoms in total. The van der Waals surface area contributed by atoms with Crippen LogP contribution < -0.4 is 9.64 Å². The Labute approximate surface area is 109 Å². The summed E-state index contributed by atoms with van der Waals surface area (Å²) in [5.41, 5.74) is -0.785. The second-order valence-electron chi connectivity index (χ2n) is 4.43. The molecule has 0 saturated carbocycles. The minimum absolute atomic E-state index is 0.0285. The maximum absolute atomic E-state index is 11.2. The lowest BCUT2D eigenvalue weighted by Crippen LogP contribution is -2.32. The summed E-state index contributed by atoms with van der Waals surface area (Å²) >= 11 is 5.76. The summed E-state index contributed by atoms with van der Waals surface area (Å²) in [6.45, 7) is 2.60. The Morgan fingerprint density at radius 3 is 2.78 bits per heavy atom. The van der Waals surface area contributed by atoms with Crippen molar-refractivity contribution >= 4 is 23.5 Å². The molecule has 98 valence electrons. The van der Waals surface area contributed by atoms with E-state index in [1.807, 2.05) is 0 Å². The van der Waals surface area contributed by atoms with Crippen molar-refractivity contribution in [3.05, 3.63) is 5.28 Å². The van der Waals surface area contributed by atoms with Crippen LogP contribution in [0.3, 0.4) is 0 Å². The van der Waals surface area contributed by atoms with Gasteiger partial charge in [-0.1, -0.05) is 0 Å². The van der Waals surface area contributed by atoms with Gasteiger partial charge in [0.25, 0.3) is 0 Å². The fourth-order valence-electron chi connectivity index (χ4n) is 1.86. The molecule has 0 spiro atoms. The number of nitrogens with zero attached hydrogens (tertiary/aromatic N) is 4. The average molecular weight is 273 g/mol. The van der Waals surface area contributed by atoms with E-state index in [0.29, 0.717) is 25.5 Å². The molecule has 2 heterocycles. The van der Waals surface area contributed by atoms with Crippen LogP contribution in [0, 0.1) is 5.41 Å². The summed E-state index contributed by atoms with van der Waals surface area (Å²) in [5.74, 6) is -0.478. The van der Waals surface area contributed by atoms with Crippen molar-refractivity contribution in [2.75, 3.05) is 25.1 Å². The predicted octanol–water partition coefficient (Wildman–Crippen LogP) is 0.835. The van der Waals surface area contributed by atoms with Crippen LogP contribution in [0.4, 0.5) is 5.95 Å². The molecule has 18 heavy (non-hydrogen) atoms. The molecule has 1 aliphatic rings. The van der Waals surface area contributed by atoms with Crippen molar-refractivity contribution in [3.63, 3.8) is 0 Å². The van der Waals surface area contributed by atoms with Gasteiger partial charge in [-0.15, -0.1) is 0 Å². The summed E-state index contributed by atoms with van der Waals surface area (Å²) in [6.07, 6.45) is 0.536. The molecule has 1 unspecified atom stereocenters. The van der Waals surface area contributed by atoms with E-state index >= 15 is 0 Å². The summed E-state index contributed by atoms with van der Waals surface area (Å²) in [6, 6.07) is 0.119. The standard InChI is InChI=1S/C10H13ClN4O3/c1-10(6(16)17)3-4-15(5-10)8-12-7(11)13-9(14-8)18-2/h3-5H2,1-2H3,(H,16,17). The molecule has 0 amide bonds. The average Bonchev–Trinajstić information content (AvgIpc) is 2.72. The Kier molecular flexibility index (Phi) is 3.25. The van der Waals surface area contributed by atoms with E-state index in [1.165, 1.54) is 7.11 Å². The quantitative estimate of drug-likeness (QED) is 0.872. The molecule has 8 heteroatoms. The van der Waals surface area contributed by atoms with Crippen LogP contribution in [0.25, 0.3) is 0 Å². The van der Waals surface area contributed by atoms with Gasteiger partial charge in [-0.2, -0.15) is 15.0 Å². The molecule has 1 aromatic rings. The van der Waals surface area contributed by atoms with Gasteiger partial charge in [0, 0.05) is 13.1 Å². The Hall–Kier alpha value is -1.63. The van der Waals surface area contributed by atoms with Crippen LogP contribution in [0.2, 0.25) is 5.28 Å². The van der Waals surface area contributed by atoms with E-state index < -0.39 is 11.4 Å². The van der Waals surface area contributed by atoms with Crippen LogP contribution in [-0.4, -0.2) is 46.2 Å². The van der Waals surface area contributed by atoms with Crippen molar-refractivity contribution in [1.82, 2.24) is 15.0 Å². The summed E-state index contributed by atoms with van der Waals surface area (Å²) in [7, 11) is 1.43. The Morgan fingerprint density at radius 2 is 2.22 bits per heavy atom. The molecule has 0 aromatic carbocycles. The number of carbonyl (C=O) groups is 1. The number of anilines is 1. The number of methoxy groups -OCH3 is 1. The van der Waals surface area contributed by atoms with Crippen LogP contribution in [-0.2, 0) is 4.79 Å². The van der Waals surface area contributed by atoms with Crippen LogP contribution in [0.15, 0.2) is 0 Å². The Morgan fingerprint density at radius 1 is 1.50 bits per heavy atom. The van der Waals surface area contributed by atoms with Gasteiger partial charge in [0.15, 0.2) is 0 Å². The molecule has 1 fully saturated rings. The SMILES string of the molecule is COc1nc(Cl)nc(N2CCC(C)(C(=O)O)C2)n1. The number of hydrogen-bond acceptors (Lipinski definition) is 6. The normalized spacial score (nSPS) is 23.2. The fourth-order valence-corrected chi connectivity index (χ4v) is 2.01. The van der Waals surface area contributed by atoms with E-state index in [-0.39, 0.29) is 11.3 Å². The molecule has 1 aliphatic heterocycles. The van der Waals surface area contributed by atoms with Gasteiger partial charge < -0.3 is 14.7 Å². The first kappa shape index (κ1) is 12.8. The maximum atomic E-state index is 11.2. The molecular formula is C10H13ClN4O3. The summed E-state index contributed by atoms with van der Waals surface area (Å²) in [4.78, 5) is 24.7. The van der Waals surface area contributed by atoms with Gasteiger partial charge >= 0.3 is 12.0 Å². The van der Waals surface area contributed by atoms with E-state index in [4.69, 9.17) is 21.4 Å². The third-order valence-corrected chi connectivity index (χ3v) is 3.20. The van der Waals surface area contributed by atoms with E-state index in [2.05, 4.69) is 15.0 Å². The first-order valence-corrected chi connectivity index (χ1v) is 5.76. The first-order valence-electron chi connectivity index (χ1n) is 5.38. The van der Waals surface area contributed by atoms with E-state index in [1.54, 1.807) is 11.8 Å². The highest BCUT2D eigenvalue weighted by atomic mass is 35.5. The zero-order valence-corrected chi connectivity index (χ0v) is 10.8. The topological polar surface area (TPSA) is 88.4 Å². The highest BCUT2D eigenvalue weighted by Crippen LogP contribution is 2.32. The lowest BCUT2D eigenvalue weighted by molar-refractivity contribution is -0.146. The number of carboxylic acids is 1. The van der Waals surface area contributed by atoms with Crippen LogP contribution in [0.5, 0.6) is 6.01 Å². The van der Waals surface area contributed by atoms with E-state index in [0.717, 1.165) is 0 Å². The van der Waals surface area contributed by atoms with Gasteiger partial charge in [0.05, 0.1) is 12.5 Å². The zero-order chi connectivity index (χ0) is 13.3. The maximum Gasteiger partial charge on any atom is 0.322 e. The number of aromatic nitrogens is 3. The molecule has 1 saturated heterocycles. The third-order valence-electron chi connectivity index (χ3n) is 3.03. The molecule has 0 bridgehead atoms. The Bertz CT molecular complexity index is 484. The van der Waals surface area contributed by atoms with Crippen molar-refractivity contribution < 1.29 is 14.6 Å². The van der Waals surface area contributed by atoms with Crippen molar-refractivity contribution in [1.29, 1.82) is 0 Å². The van der Waals surface area contributed by atoms with Gasteiger partial charge in [0.1, 0.15) is 0 Å². The van der Waals surface area contributed by atoms with Gasteiger partial charge in [-0.25, -0.2) is 0 Å². The molecular weight excluding hydrogens is 260 g/mol. The number of rotatable bonds is 3. The molecule has 1 N–H and O–H groups in total. The second-order valence-corrected chi connectivity index (χ2v) is 4.77. The molecule has 0 radical (unpaired) electrons. The zero-order valence-electron chi connectivity index (χ0n) is 10.1. The summed E-state index contributed by atoms with van der Waals surface area (Å²) in [5, 5.41) is 9.19. The minimum Gasteiger partial charge on any atom is -0.481 e. The monoisotopic (exact) mass is 272 g/mol. The fraction of sp³-hybridized carbons (Fsp3) is 0.600. The summed E-state index contributed by atoms with van der Waals surface area (Å²) < 4.78 is 4.91. The highest BCUT2D eigenvalue weighted by Gasteiger charge is 2.41. The van der Waals surface area contributed by atoms with Gasteiger partial charge in [-0.3, -0.25) is 4.79 Å². The van der Waals surface area contributed by atoms with Crippen molar-refractivity contribution in [2.24, 2.45) is 5.41 Å². The van der Waals surface area contributed by atoms with Crippen molar-refractivity contribution in [3.8, 4) is 6.01 Å². The molecule has 1 atom stereocenters. The third kappa shape index (κ3) is 2.31. The van der Waals surface area contributed by atoms with Crippen LogP contribution >= 0.6 is 11.6 Å². The molecule has 0 aliphatic carbocycles. The smallest absolute Gasteiger partial charge is 0.322 e. The number of ether oxygens (including phenoxy) is 1. The number of halogens is 1. The van der Waals surface area contributed by atoms with Crippen molar-refractivity contribution in [2.45, 2.75) is 13.3 Å². The number of aliphatic carboxylic acids is 1. The molecule has 1 aromatic heterocycles. The van der Waals surface area contributed by atoms with Gasteiger partial charge in [-0.05, 0) is 24.9 Å². The number of hydrogen-bond donors (Lipinski definition) is 1. The van der Waals surface area contributed by atoms with E-state index in [9.17, 15) is 4.79 Å². The second kappa shape index (κ2) is 4.56. The van der Waals surface area contributed by atoms with Gasteiger partial charge in [0.2, 0.25) is 11.2 Å². The lowest BCUT2D eigenvalue weighted by Gasteiger charge is -2.20. The Balaban J connectivity index is 2.24.